The first-order valence-corrected chi connectivity index (χ1v) is 7.73. The Morgan fingerprint density at radius 2 is 2.00 bits per heavy atom. The van der Waals surface area contributed by atoms with E-state index in [0.29, 0.717) is 5.92 Å². The van der Waals surface area contributed by atoms with Gasteiger partial charge >= 0.3 is 0 Å². The summed E-state index contributed by atoms with van der Waals surface area (Å²) in [6.45, 7) is 4.50. The molecule has 1 heterocycles. The van der Waals surface area contributed by atoms with E-state index in [2.05, 4.69) is 23.8 Å². The topological polar surface area (TPSA) is 28.7 Å². The van der Waals surface area contributed by atoms with Gasteiger partial charge in [-0.2, -0.15) is 0 Å². The molecule has 0 saturated heterocycles. The van der Waals surface area contributed by atoms with Gasteiger partial charge in [0.15, 0.2) is 0 Å². The molecule has 0 bridgehead atoms. The van der Waals surface area contributed by atoms with Crippen LogP contribution in [0.3, 0.4) is 0 Å². The molecular weight excluding hydrogens is 240 g/mol. The zero-order chi connectivity index (χ0) is 13.0. The Balaban J connectivity index is 2.11. The van der Waals surface area contributed by atoms with Crippen LogP contribution in [0.5, 0.6) is 0 Å². The predicted molar refractivity (Wildman–Crippen MR) is 78.4 cm³/mol. The van der Waals surface area contributed by atoms with Gasteiger partial charge in [-0.3, -0.25) is 0 Å². The monoisotopic (exact) mass is 264 g/mol. The zero-order valence-corrected chi connectivity index (χ0v) is 12.4. The molecule has 1 fully saturated rings. The van der Waals surface area contributed by atoms with Gasteiger partial charge in [-0.15, -0.1) is 0 Å². The minimum absolute atomic E-state index is 0.603. The quantitative estimate of drug-likeness (QED) is 0.793. The standard InChI is InChI=1S/C15H24N2S/c1-3-5-13-10-14(18)17-15(16-13)12-8-6-11(4-2)7-9-12/h10-12H,3-9H2,1-2H3,(H,16,17,18). The second kappa shape index (κ2) is 6.46. The Morgan fingerprint density at radius 1 is 1.28 bits per heavy atom. The lowest BCUT2D eigenvalue weighted by Crippen LogP contribution is -2.15. The van der Waals surface area contributed by atoms with Crippen LogP contribution in [0, 0.1) is 10.6 Å². The van der Waals surface area contributed by atoms with Gasteiger partial charge in [0.2, 0.25) is 0 Å². The van der Waals surface area contributed by atoms with Crippen LogP contribution in [-0.4, -0.2) is 9.97 Å². The van der Waals surface area contributed by atoms with Gasteiger partial charge in [0.05, 0.1) is 0 Å². The highest BCUT2D eigenvalue weighted by molar-refractivity contribution is 7.71. The molecule has 0 unspecified atom stereocenters. The minimum Gasteiger partial charge on any atom is -0.347 e. The summed E-state index contributed by atoms with van der Waals surface area (Å²) in [7, 11) is 0. The Morgan fingerprint density at radius 3 is 2.61 bits per heavy atom. The number of hydrogen-bond acceptors (Lipinski definition) is 2. The molecule has 100 valence electrons. The lowest BCUT2D eigenvalue weighted by Gasteiger charge is -2.27. The maximum atomic E-state index is 5.29. The van der Waals surface area contributed by atoms with Crippen LogP contribution in [0.15, 0.2) is 6.07 Å². The van der Waals surface area contributed by atoms with Gasteiger partial charge in [-0.1, -0.05) is 38.9 Å². The van der Waals surface area contributed by atoms with Crippen molar-refractivity contribution in [3.8, 4) is 0 Å². The number of hydrogen-bond donors (Lipinski definition) is 1. The molecule has 0 aromatic carbocycles. The van der Waals surface area contributed by atoms with Gasteiger partial charge in [0.1, 0.15) is 10.5 Å². The Kier molecular flexibility index (Phi) is 4.93. The Labute approximate surface area is 115 Å². The largest absolute Gasteiger partial charge is 0.347 e. The number of aromatic amines is 1. The second-order valence-electron chi connectivity index (χ2n) is 5.51. The minimum atomic E-state index is 0.603. The van der Waals surface area contributed by atoms with Crippen LogP contribution >= 0.6 is 12.2 Å². The summed E-state index contributed by atoms with van der Waals surface area (Å²) in [5.74, 6) is 2.68. The number of aryl methyl sites for hydroxylation is 1. The van der Waals surface area contributed by atoms with E-state index in [1.165, 1.54) is 37.8 Å². The molecule has 0 aliphatic heterocycles. The number of H-pyrrole nitrogens is 1. The van der Waals surface area contributed by atoms with Crippen molar-refractivity contribution in [1.82, 2.24) is 9.97 Å². The molecule has 0 atom stereocenters. The molecule has 2 nitrogen and oxygen atoms in total. The lowest BCUT2D eigenvalue weighted by atomic mass is 9.80. The molecule has 0 spiro atoms. The molecule has 0 amide bonds. The summed E-state index contributed by atoms with van der Waals surface area (Å²) in [5, 5.41) is 0. The summed E-state index contributed by atoms with van der Waals surface area (Å²) < 4.78 is 0.754. The van der Waals surface area contributed by atoms with E-state index < -0.39 is 0 Å². The molecule has 3 heteroatoms. The second-order valence-corrected chi connectivity index (χ2v) is 5.92. The fraction of sp³-hybridized carbons (Fsp3) is 0.733. The van der Waals surface area contributed by atoms with Crippen molar-refractivity contribution in [2.24, 2.45) is 5.92 Å². The third-order valence-corrected chi connectivity index (χ3v) is 4.36. The summed E-state index contributed by atoms with van der Waals surface area (Å²) in [6, 6.07) is 2.01. The molecule has 1 saturated carbocycles. The zero-order valence-electron chi connectivity index (χ0n) is 11.5. The average molecular weight is 264 g/mol. The smallest absolute Gasteiger partial charge is 0.129 e. The number of rotatable bonds is 4. The Hall–Kier alpha value is -0.700. The molecule has 1 aromatic heterocycles. The van der Waals surface area contributed by atoms with E-state index in [4.69, 9.17) is 12.2 Å². The predicted octanol–water partition coefficient (Wildman–Crippen LogP) is 4.78. The molecule has 1 aliphatic carbocycles. The normalized spacial score (nSPS) is 24.1. The molecule has 0 radical (unpaired) electrons. The first-order valence-electron chi connectivity index (χ1n) is 7.33. The van der Waals surface area contributed by atoms with Crippen molar-refractivity contribution < 1.29 is 0 Å². The van der Waals surface area contributed by atoms with Gasteiger partial charge in [0, 0.05) is 11.6 Å². The maximum absolute atomic E-state index is 5.29. The highest BCUT2D eigenvalue weighted by Crippen LogP contribution is 2.35. The van der Waals surface area contributed by atoms with E-state index in [1.54, 1.807) is 0 Å². The van der Waals surface area contributed by atoms with Gasteiger partial charge in [-0.25, -0.2) is 4.98 Å². The third-order valence-electron chi connectivity index (χ3n) is 4.15. The molecule has 1 N–H and O–H groups in total. The van der Waals surface area contributed by atoms with Crippen LogP contribution in [0.25, 0.3) is 0 Å². The van der Waals surface area contributed by atoms with Crippen LogP contribution in [0.1, 0.15) is 69.8 Å². The highest BCUT2D eigenvalue weighted by atomic mass is 32.1. The summed E-state index contributed by atoms with van der Waals surface area (Å²) >= 11 is 5.29. The van der Waals surface area contributed by atoms with Crippen LogP contribution in [0.4, 0.5) is 0 Å². The van der Waals surface area contributed by atoms with E-state index in [9.17, 15) is 0 Å². The van der Waals surface area contributed by atoms with Crippen LogP contribution in [-0.2, 0) is 6.42 Å². The average Bonchev–Trinajstić information content (AvgIpc) is 2.38. The SMILES string of the molecule is CCCc1cc(=S)nc(C2CCC(CC)CC2)[nH]1. The molecule has 1 aromatic rings. The highest BCUT2D eigenvalue weighted by Gasteiger charge is 2.22. The third kappa shape index (κ3) is 3.41. The number of nitrogens with zero attached hydrogens (tertiary/aromatic N) is 1. The van der Waals surface area contributed by atoms with E-state index >= 15 is 0 Å². The number of nitrogens with one attached hydrogen (secondary N) is 1. The molecule has 18 heavy (non-hydrogen) atoms. The summed E-state index contributed by atoms with van der Waals surface area (Å²) in [4.78, 5) is 8.06. The van der Waals surface area contributed by atoms with Crippen molar-refractivity contribution in [3.63, 3.8) is 0 Å². The first-order chi connectivity index (χ1) is 8.72. The first kappa shape index (κ1) is 13.7. The van der Waals surface area contributed by atoms with Crippen molar-refractivity contribution >= 4 is 12.2 Å². The van der Waals surface area contributed by atoms with Crippen molar-refractivity contribution in [3.05, 3.63) is 22.2 Å². The van der Waals surface area contributed by atoms with E-state index in [1.807, 2.05) is 6.07 Å². The van der Waals surface area contributed by atoms with Crippen molar-refractivity contribution in [2.75, 3.05) is 0 Å². The summed E-state index contributed by atoms with van der Waals surface area (Å²) in [6.07, 6.45) is 8.79. The molecule has 2 rings (SSSR count). The van der Waals surface area contributed by atoms with Crippen molar-refractivity contribution in [1.29, 1.82) is 0 Å². The lowest BCUT2D eigenvalue weighted by molar-refractivity contribution is 0.311. The van der Waals surface area contributed by atoms with Gasteiger partial charge in [-0.05, 0) is 44.1 Å². The van der Waals surface area contributed by atoms with Crippen LogP contribution in [0.2, 0.25) is 0 Å². The van der Waals surface area contributed by atoms with E-state index in [0.717, 1.165) is 29.2 Å². The maximum Gasteiger partial charge on any atom is 0.129 e. The van der Waals surface area contributed by atoms with E-state index in [-0.39, 0.29) is 0 Å². The summed E-state index contributed by atoms with van der Waals surface area (Å²) in [5.41, 5.74) is 1.25. The fourth-order valence-corrected chi connectivity index (χ4v) is 3.21. The van der Waals surface area contributed by atoms with Gasteiger partial charge in [0.25, 0.3) is 0 Å². The number of aromatic nitrogens is 2. The van der Waals surface area contributed by atoms with Crippen molar-refractivity contribution in [2.45, 2.75) is 64.7 Å². The van der Waals surface area contributed by atoms with Crippen LogP contribution < -0.4 is 0 Å². The Bertz CT molecular complexity index is 430. The molecular formula is C15H24N2S. The molecule has 1 aliphatic rings. The van der Waals surface area contributed by atoms with Gasteiger partial charge < -0.3 is 4.98 Å². The fourth-order valence-electron chi connectivity index (χ4n) is 2.97.